The fourth-order valence-electron chi connectivity index (χ4n) is 2.37. The second kappa shape index (κ2) is 6.92. The Morgan fingerprint density at radius 2 is 1.86 bits per heavy atom. The fourth-order valence-corrected chi connectivity index (χ4v) is 2.51. The van der Waals surface area contributed by atoms with Crippen LogP contribution in [0.1, 0.15) is 28.1 Å². The molecule has 0 saturated heterocycles. The molecule has 0 amide bonds. The van der Waals surface area contributed by atoms with Gasteiger partial charge in [0.25, 0.3) is 0 Å². The van der Waals surface area contributed by atoms with Crippen LogP contribution in [0.25, 0.3) is 0 Å². The molecule has 0 saturated carbocycles. The lowest BCUT2D eigenvalue weighted by atomic mass is 10.1. The number of aromatic nitrogens is 2. The Morgan fingerprint density at radius 3 is 2.41 bits per heavy atom. The van der Waals surface area contributed by atoms with Crippen molar-refractivity contribution in [2.75, 3.05) is 7.05 Å². The summed E-state index contributed by atoms with van der Waals surface area (Å²) in [5, 5.41) is 8.52. The van der Waals surface area contributed by atoms with Gasteiger partial charge in [-0.25, -0.2) is 0 Å². The second-order valence-electron chi connectivity index (χ2n) is 5.77. The highest BCUT2D eigenvalue weighted by molar-refractivity contribution is 7.80. The molecule has 2 rings (SSSR count). The van der Waals surface area contributed by atoms with Crippen LogP contribution in [0.5, 0.6) is 0 Å². The first-order valence-electron chi connectivity index (χ1n) is 7.42. The van der Waals surface area contributed by atoms with Gasteiger partial charge in [0.1, 0.15) is 0 Å². The molecule has 1 heterocycles. The Morgan fingerprint density at radius 1 is 1.23 bits per heavy atom. The van der Waals surface area contributed by atoms with Crippen molar-refractivity contribution < 1.29 is 0 Å². The summed E-state index contributed by atoms with van der Waals surface area (Å²) < 4.78 is 1.92. The summed E-state index contributed by atoms with van der Waals surface area (Å²) in [5.41, 5.74) is 5.99. The van der Waals surface area contributed by atoms with Crippen molar-refractivity contribution in [2.45, 2.75) is 33.9 Å². The average Bonchev–Trinajstić information content (AvgIpc) is 2.72. The van der Waals surface area contributed by atoms with Gasteiger partial charge in [-0.3, -0.25) is 4.68 Å². The summed E-state index contributed by atoms with van der Waals surface area (Å²) in [4.78, 5) is 2.06. The fraction of sp³-hybridized carbons (Fsp3) is 0.412. The maximum absolute atomic E-state index is 5.48. The predicted molar refractivity (Wildman–Crippen MR) is 94.8 cm³/mol. The van der Waals surface area contributed by atoms with Crippen molar-refractivity contribution >= 4 is 17.3 Å². The van der Waals surface area contributed by atoms with Crippen molar-refractivity contribution in [2.24, 2.45) is 7.05 Å². The van der Waals surface area contributed by atoms with Gasteiger partial charge < -0.3 is 10.2 Å². The third-order valence-corrected chi connectivity index (χ3v) is 4.42. The Balaban J connectivity index is 1.93. The number of aryl methyl sites for hydroxylation is 3. The third-order valence-electron chi connectivity index (χ3n) is 3.97. The van der Waals surface area contributed by atoms with Crippen LogP contribution in [0.15, 0.2) is 24.3 Å². The minimum Gasteiger partial charge on any atom is -0.358 e. The first-order chi connectivity index (χ1) is 10.4. The van der Waals surface area contributed by atoms with Crippen LogP contribution in [0.3, 0.4) is 0 Å². The Hall–Kier alpha value is -1.88. The molecule has 0 bridgehead atoms. The minimum atomic E-state index is 0.745. The van der Waals surface area contributed by atoms with Crippen molar-refractivity contribution in [1.82, 2.24) is 20.0 Å². The van der Waals surface area contributed by atoms with Crippen LogP contribution in [0.2, 0.25) is 0 Å². The van der Waals surface area contributed by atoms with Gasteiger partial charge in [0.15, 0.2) is 5.11 Å². The molecule has 1 aromatic carbocycles. The molecule has 1 N–H and O–H groups in total. The van der Waals surface area contributed by atoms with E-state index in [0.717, 1.165) is 23.9 Å². The molecular weight excluding hydrogens is 292 g/mol. The highest BCUT2D eigenvalue weighted by Crippen LogP contribution is 2.14. The number of rotatable bonds is 4. The molecule has 0 aliphatic heterocycles. The molecule has 2 aromatic rings. The van der Waals surface area contributed by atoms with Gasteiger partial charge in [0.05, 0.1) is 5.69 Å². The van der Waals surface area contributed by atoms with E-state index in [1.165, 1.54) is 22.4 Å². The zero-order valence-corrected chi connectivity index (χ0v) is 14.8. The second-order valence-corrected chi connectivity index (χ2v) is 6.16. The maximum Gasteiger partial charge on any atom is 0.169 e. The summed E-state index contributed by atoms with van der Waals surface area (Å²) in [6.07, 6.45) is 0. The summed E-state index contributed by atoms with van der Waals surface area (Å²) >= 11 is 5.48. The lowest BCUT2D eigenvalue weighted by Crippen LogP contribution is -2.36. The summed E-state index contributed by atoms with van der Waals surface area (Å²) in [6.45, 7) is 7.73. The lowest BCUT2D eigenvalue weighted by molar-refractivity contribution is 0.485. The van der Waals surface area contributed by atoms with E-state index in [1.54, 1.807) is 0 Å². The molecule has 1 aromatic heterocycles. The SMILES string of the molecule is Cc1ccc(CNC(=S)N(C)Cc2c(C)nn(C)c2C)cc1. The molecule has 118 valence electrons. The molecular formula is C17H24N4S. The van der Waals surface area contributed by atoms with E-state index < -0.39 is 0 Å². The molecule has 4 nitrogen and oxygen atoms in total. The van der Waals surface area contributed by atoms with Crippen molar-refractivity contribution in [3.63, 3.8) is 0 Å². The van der Waals surface area contributed by atoms with E-state index in [9.17, 15) is 0 Å². The van der Waals surface area contributed by atoms with E-state index in [1.807, 2.05) is 25.7 Å². The Kier molecular flexibility index (Phi) is 5.19. The van der Waals surface area contributed by atoms with Crippen LogP contribution in [-0.4, -0.2) is 26.8 Å². The number of thiocarbonyl (C=S) groups is 1. The van der Waals surface area contributed by atoms with Gasteiger partial charge in [-0.2, -0.15) is 5.10 Å². The van der Waals surface area contributed by atoms with E-state index in [0.29, 0.717) is 0 Å². The zero-order valence-electron chi connectivity index (χ0n) is 14.0. The Labute approximate surface area is 138 Å². The molecule has 0 radical (unpaired) electrons. The maximum atomic E-state index is 5.48. The highest BCUT2D eigenvalue weighted by atomic mass is 32.1. The topological polar surface area (TPSA) is 33.1 Å². The summed E-state index contributed by atoms with van der Waals surface area (Å²) in [7, 11) is 3.98. The van der Waals surface area contributed by atoms with Gasteiger partial charge in [0.2, 0.25) is 0 Å². The number of nitrogens with one attached hydrogen (secondary N) is 1. The van der Waals surface area contributed by atoms with Crippen LogP contribution in [0, 0.1) is 20.8 Å². The van der Waals surface area contributed by atoms with Gasteiger partial charge >= 0.3 is 0 Å². The van der Waals surface area contributed by atoms with Gasteiger partial charge in [-0.1, -0.05) is 29.8 Å². The third kappa shape index (κ3) is 3.85. The van der Waals surface area contributed by atoms with E-state index >= 15 is 0 Å². The van der Waals surface area contributed by atoms with Crippen molar-refractivity contribution in [3.05, 3.63) is 52.3 Å². The van der Waals surface area contributed by atoms with Crippen LogP contribution < -0.4 is 5.32 Å². The molecule has 0 unspecified atom stereocenters. The molecule has 22 heavy (non-hydrogen) atoms. The standard InChI is InChI=1S/C17H24N4S/c1-12-6-8-15(9-7-12)10-18-17(22)20(4)11-16-13(2)19-21(5)14(16)3/h6-9H,10-11H2,1-5H3,(H,18,22). The summed E-state index contributed by atoms with van der Waals surface area (Å²) in [5.74, 6) is 0. The molecule has 0 spiro atoms. The smallest absolute Gasteiger partial charge is 0.169 e. The van der Waals surface area contributed by atoms with Crippen LogP contribution >= 0.6 is 12.2 Å². The van der Waals surface area contributed by atoms with Crippen molar-refractivity contribution in [3.8, 4) is 0 Å². The van der Waals surface area contributed by atoms with Gasteiger partial charge in [-0.15, -0.1) is 0 Å². The van der Waals surface area contributed by atoms with E-state index in [4.69, 9.17) is 12.2 Å². The van der Waals surface area contributed by atoms with E-state index in [-0.39, 0.29) is 0 Å². The predicted octanol–water partition coefficient (Wildman–Crippen LogP) is 2.85. The number of benzene rings is 1. The number of hydrogen-bond donors (Lipinski definition) is 1. The lowest BCUT2D eigenvalue weighted by Gasteiger charge is -2.21. The molecule has 0 aliphatic carbocycles. The Bertz CT molecular complexity index is 658. The number of nitrogens with zero attached hydrogens (tertiary/aromatic N) is 3. The largest absolute Gasteiger partial charge is 0.358 e. The molecule has 0 aliphatic rings. The zero-order chi connectivity index (χ0) is 16.3. The van der Waals surface area contributed by atoms with Crippen LogP contribution in [0.4, 0.5) is 0 Å². The van der Waals surface area contributed by atoms with Crippen LogP contribution in [-0.2, 0) is 20.1 Å². The van der Waals surface area contributed by atoms with E-state index in [2.05, 4.69) is 53.4 Å². The summed E-state index contributed by atoms with van der Waals surface area (Å²) in [6, 6.07) is 8.49. The van der Waals surface area contributed by atoms with Gasteiger partial charge in [0, 0.05) is 38.4 Å². The first-order valence-corrected chi connectivity index (χ1v) is 7.83. The monoisotopic (exact) mass is 316 g/mol. The first kappa shape index (κ1) is 16.5. The normalized spacial score (nSPS) is 10.6. The van der Waals surface area contributed by atoms with Crippen molar-refractivity contribution in [1.29, 1.82) is 0 Å². The number of hydrogen-bond acceptors (Lipinski definition) is 2. The molecule has 0 atom stereocenters. The van der Waals surface area contributed by atoms with Gasteiger partial charge in [-0.05, 0) is 38.6 Å². The highest BCUT2D eigenvalue weighted by Gasteiger charge is 2.13. The molecule has 0 fully saturated rings. The molecule has 5 heteroatoms. The quantitative estimate of drug-likeness (QED) is 0.879. The average molecular weight is 316 g/mol. The minimum absolute atomic E-state index is 0.745.